The standard InChI is InChI=1S/C24H29FN4O5/c1-14(2)11-28(20-21(26)29(12-15(3)4)24(32)27-22(20)30)23(31)19-10-9-18(34-19)13-33-17-7-5-16(25)6-8-17/h5-10,14-15H,11-13,26H2,1-4H3,(H,27,30,32). The SMILES string of the molecule is CC(C)CN(C(=O)c1ccc(COc2ccc(F)cc2)o1)c1c(N)n(CC(C)C)c(=O)[nH]c1=O. The lowest BCUT2D eigenvalue weighted by molar-refractivity contribution is 0.0952. The number of furan rings is 1. The van der Waals surface area contributed by atoms with E-state index in [9.17, 15) is 18.8 Å². The van der Waals surface area contributed by atoms with E-state index in [1.807, 2.05) is 27.7 Å². The second-order valence-corrected chi connectivity index (χ2v) is 8.82. The number of rotatable bonds is 9. The van der Waals surface area contributed by atoms with Gasteiger partial charge in [0.25, 0.3) is 11.5 Å². The fourth-order valence-electron chi connectivity index (χ4n) is 3.41. The fraction of sp³-hybridized carbons (Fsp3) is 0.375. The first kappa shape index (κ1) is 24.8. The molecule has 0 spiro atoms. The van der Waals surface area contributed by atoms with Crippen LogP contribution in [0.25, 0.3) is 0 Å². The molecule has 9 nitrogen and oxygen atoms in total. The third kappa shape index (κ3) is 5.75. The van der Waals surface area contributed by atoms with Crippen molar-refractivity contribution >= 4 is 17.4 Å². The summed E-state index contributed by atoms with van der Waals surface area (Å²) in [5.41, 5.74) is 4.75. The molecule has 0 fully saturated rings. The Bertz CT molecular complexity index is 1260. The number of halogens is 1. The summed E-state index contributed by atoms with van der Waals surface area (Å²) in [6.45, 7) is 8.07. The molecule has 10 heteroatoms. The van der Waals surface area contributed by atoms with Gasteiger partial charge >= 0.3 is 5.69 Å². The number of nitrogens with two attached hydrogens (primary N) is 1. The molecule has 0 aliphatic rings. The number of hydrogen-bond donors (Lipinski definition) is 2. The summed E-state index contributed by atoms with van der Waals surface area (Å²) in [6.07, 6.45) is 0. The molecule has 3 rings (SSSR count). The zero-order valence-electron chi connectivity index (χ0n) is 19.6. The number of aromatic amines is 1. The van der Waals surface area contributed by atoms with E-state index in [2.05, 4.69) is 4.98 Å². The molecule has 3 N–H and O–H groups in total. The Balaban J connectivity index is 1.91. The van der Waals surface area contributed by atoms with E-state index in [1.165, 1.54) is 39.8 Å². The lowest BCUT2D eigenvalue weighted by Gasteiger charge is -2.25. The van der Waals surface area contributed by atoms with Gasteiger partial charge < -0.3 is 14.9 Å². The van der Waals surface area contributed by atoms with Crippen LogP contribution in [0.5, 0.6) is 5.75 Å². The summed E-state index contributed by atoms with van der Waals surface area (Å²) in [7, 11) is 0. The van der Waals surface area contributed by atoms with Gasteiger partial charge in [0.05, 0.1) is 0 Å². The average Bonchev–Trinajstić information content (AvgIpc) is 3.23. The predicted octanol–water partition coefficient (Wildman–Crippen LogP) is 3.39. The van der Waals surface area contributed by atoms with Crippen molar-refractivity contribution in [1.29, 1.82) is 0 Å². The van der Waals surface area contributed by atoms with Crippen LogP contribution in [0, 0.1) is 17.7 Å². The van der Waals surface area contributed by atoms with Crippen molar-refractivity contribution in [2.75, 3.05) is 17.2 Å². The molecule has 0 saturated carbocycles. The van der Waals surface area contributed by atoms with Gasteiger partial charge in [0.15, 0.2) is 11.4 Å². The number of carbonyl (C=O) groups is 1. The number of nitrogen functional groups attached to an aromatic ring is 1. The molecule has 3 aromatic rings. The maximum Gasteiger partial charge on any atom is 0.330 e. The Kier molecular flexibility index (Phi) is 7.60. The van der Waals surface area contributed by atoms with Gasteiger partial charge in [0, 0.05) is 13.1 Å². The van der Waals surface area contributed by atoms with Crippen molar-refractivity contribution in [2.45, 2.75) is 40.8 Å². The number of anilines is 2. The molecule has 0 aliphatic heterocycles. The Hall–Kier alpha value is -3.82. The zero-order chi connectivity index (χ0) is 25.0. The van der Waals surface area contributed by atoms with Crippen LogP contribution >= 0.6 is 0 Å². The largest absolute Gasteiger partial charge is 0.486 e. The van der Waals surface area contributed by atoms with Gasteiger partial charge in [-0.2, -0.15) is 0 Å². The van der Waals surface area contributed by atoms with Gasteiger partial charge in [-0.05, 0) is 48.2 Å². The number of amides is 1. The van der Waals surface area contributed by atoms with Crippen LogP contribution in [0.1, 0.15) is 44.0 Å². The van der Waals surface area contributed by atoms with Crippen molar-refractivity contribution in [3.8, 4) is 5.75 Å². The Morgan fingerprint density at radius 1 is 1.12 bits per heavy atom. The molecule has 0 atom stereocenters. The number of nitrogens with zero attached hydrogens (tertiary/aromatic N) is 2. The minimum atomic E-state index is -0.747. The van der Waals surface area contributed by atoms with E-state index in [4.69, 9.17) is 14.9 Å². The highest BCUT2D eigenvalue weighted by molar-refractivity contribution is 6.05. The maximum absolute atomic E-state index is 13.4. The first-order valence-corrected chi connectivity index (χ1v) is 11.0. The van der Waals surface area contributed by atoms with Crippen LogP contribution in [0.3, 0.4) is 0 Å². The molecule has 1 amide bonds. The summed E-state index contributed by atoms with van der Waals surface area (Å²) >= 11 is 0. The van der Waals surface area contributed by atoms with Gasteiger partial charge in [-0.1, -0.05) is 27.7 Å². The lowest BCUT2D eigenvalue weighted by Crippen LogP contribution is -2.43. The predicted molar refractivity (Wildman–Crippen MR) is 127 cm³/mol. The first-order valence-electron chi connectivity index (χ1n) is 11.0. The molecule has 182 valence electrons. The summed E-state index contributed by atoms with van der Waals surface area (Å²) in [6, 6.07) is 8.57. The summed E-state index contributed by atoms with van der Waals surface area (Å²) in [5.74, 6) is -0.165. The topological polar surface area (TPSA) is 124 Å². The Morgan fingerprint density at radius 2 is 1.79 bits per heavy atom. The second kappa shape index (κ2) is 10.4. The average molecular weight is 473 g/mol. The maximum atomic E-state index is 13.4. The molecular weight excluding hydrogens is 443 g/mol. The van der Waals surface area contributed by atoms with E-state index in [0.717, 1.165) is 0 Å². The second-order valence-electron chi connectivity index (χ2n) is 8.82. The molecule has 1 aromatic carbocycles. The van der Waals surface area contributed by atoms with Gasteiger partial charge in [0.2, 0.25) is 0 Å². The minimum Gasteiger partial charge on any atom is -0.486 e. The van der Waals surface area contributed by atoms with Gasteiger partial charge in [-0.15, -0.1) is 0 Å². The first-order chi connectivity index (χ1) is 16.1. The number of hydrogen-bond acceptors (Lipinski definition) is 6. The molecule has 0 unspecified atom stereocenters. The summed E-state index contributed by atoms with van der Waals surface area (Å²) in [5, 5.41) is 0. The number of aromatic nitrogens is 2. The molecule has 0 saturated heterocycles. The molecule has 0 bridgehead atoms. The van der Waals surface area contributed by atoms with Crippen LogP contribution in [-0.4, -0.2) is 22.0 Å². The van der Waals surface area contributed by atoms with Crippen LogP contribution < -0.4 is 26.6 Å². The molecule has 0 radical (unpaired) electrons. The molecule has 0 aliphatic carbocycles. The Morgan fingerprint density at radius 3 is 2.41 bits per heavy atom. The number of nitrogens with one attached hydrogen (secondary N) is 1. The van der Waals surface area contributed by atoms with Crippen LogP contribution in [0.15, 0.2) is 50.4 Å². The highest BCUT2D eigenvalue weighted by atomic mass is 19.1. The molecule has 34 heavy (non-hydrogen) atoms. The lowest BCUT2D eigenvalue weighted by atomic mass is 10.2. The Labute approximate surface area is 196 Å². The van der Waals surface area contributed by atoms with Crippen LogP contribution in [0.4, 0.5) is 15.9 Å². The molecular formula is C24H29FN4O5. The molecule has 2 aromatic heterocycles. The zero-order valence-corrected chi connectivity index (χ0v) is 19.6. The number of benzene rings is 1. The summed E-state index contributed by atoms with van der Waals surface area (Å²) in [4.78, 5) is 41.9. The van der Waals surface area contributed by atoms with Gasteiger partial charge in [-0.25, -0.2) is 9.18 Å². The smallest absolute Gasteiger partial charge is 0.330 e. The molecule has 2 heterocycles. The number of carbonyl (C=O) groups excluding carboxylic acids is 1. The highest BCUT2D eigenvalue weighted by Crippen LogP contribution is 2.23. The summed E-state index contributed by atoms with van der Waals surface area (Å²) < 4.78 is 25.5. The van der Waals surface area contributed by atoms with E-state index < -0.39 is 17.2 Å². The third-order valence-electron chi connectivity index (χ3n) is 4.89. The van der Waals surface area contributed by atoms with Gasteiger partial charge in [0.1, 0.15) is 29.8 Å². The van der Waals surface area contributed by atoms with E-state index >= 15 is 0 Å². The van der Waals surface area contributed by atoms with Crippen LogP contribution in [-0.2, 0) is 13.2 Å². The van der Waals surface area contributed by atoms with Crippen molar-refractivity contribution in [3.63, 3.8) is 0 Å². The van der Waals surface area contributed by atoms with Crippen molar-refractivity contribution in [1.82, 2.24) is 9.55 Å². The van der Waals surface area contributed by atoms with Crippen molar-refractivity contribution < 1.29 is 18.3 Å². The van der Waals surface area contributed by atoms with Crippen molar-refractivity contribution in [3.05, 3.63) is 74.6 Å². The number of ether oxygens (including phenoxy) is 1. The van der Waals surface area contributed by atoms with E-state index in [0.29, 0.717) is 11.5 Å². The van der Waals surface area contributed by atoms with Crippen LogP contribution in [0.2, 0.25) is 0 Å². The van der Waals surface area contributed by atoms with Crippen molar-refractivity contribution in [2.24, 2.45) is 11.8 Å². The minimum absolute atomic E-state index is 0.00975. The van der Waals surface area contributed by atoms with E-state index in [1.54, 1.807) is 6.07 Å². The third-order valence-corrected chi connectivity index (χ3v) is 4.89. The highest BCUT2D eigenvalue weighted by Gasteiger charge is 2.28. The number of H-pyrrole nitrogens is 1. The fourth-order valence-corrected chi connectivity index (χ4v) is 3.41. The normalized spacial score (nSPS) is 11.3. The van der Waals surface area contributed by atoms with E-state index in [-0.39, 0.29) is 54.6 Å². The van der Waals surface area contributed by atoms with Gasteiger partial charge in [-0.3, -0.25) is 24.0 Å². The monoisotopic (exact) mass is 472 g/mol. The quantitative estimate of drug-likeness (QED) is 0.492.